The lowest BCUT2D eigenvalue weighted by atomic mass is 10.2. The Morgan fingerprint density at radius 3 is 2.93 bits per heavy atom. The number of aromatic amines is 1. The predicted molar refractivity (Wildman–Crippen MR) is 110 cm³/mol. The Balaban J connectivity index is 1.35. The molecule has 138 valence electrons. The van der Waals surface area contributed by atoms with E-state index in [0.717, 1.165) is 22.6 Å². The van der Waals surface area contributed by atoms with Crippen LogP contribution in [0.2, 0.25) is 0 Å². The van der Waals surface area contributed by atoms with Crippen molar-refractivity contribution >= 4 is 39.2 Å². The van der Waals surface area contributed by atoms with E-state index >= 15 is 0 Å². The number of nitrogens with zero attached hydrogens (tertiary/aromatic N) is 1. The third-order valence-electron chi connectivity index (χ3n) is 4.13. The molecule has 0 saturated carbocycles. The molecule has 1 aliphatic heterocycles. The molecule has 4 rings (SSSR count). The number of fused-ring (bicyclic) bond motifs is 2. The van der Waals surface area contributed by atoms with Crippen LogP contribution in [0.25, 0.3) is 10.9 Å². The van der Waals surface area contributed by atoms with Gasteiger partial charge in [0.05, 0.1) is 10.9 Å². The molecule has 0 atom stereocenters. The van der Waals surface area contributed by atoms with E-state index in [2.05, 4.69) is 15.3 Å². The Kier molecular flexibility index (Phi) is 5.00. The second-order valence-corrected chi connectivity index (χ2v) is 7.77. The highest BCUT2D eigenvalue weighted by Crippen LogP contribution is 2.32. The van der Waals surface area contributed by atoms with E-state index in [0.29, 0.717) is 33.3 Å². The molecule has 2 N–H and O–H groups in total. The number of thiocarbonyl (C=S) groups is 1. The summed E-state index contributed by atoms with van der Waals surface area (Å²) in [7, 11) is 0. The summed E-state index contributed by atoms with van der Waals surface area (Å²) in [6, 6.07) is 11.6. The number of nitrogens with one attached hydrogen (secondary N) is 2. The van der Waals surface area contributed by atoms with Crippen molar-refractivity contribution in [1.82, 2.24) is 15.3 Å². The van der Waals surface area contributed by atoms with Gasteiger partial charge >= 0.3 is 0 Å². The molecule has 0 amide bonds. The van der Waals surface area contributed by atoms with Gasteiger partial charge in [-0.05, 0) is 42.3 Å². The summed E-state index contributed by atoms with van der Waals surface area (Å²) >= 11 is 6.93. The van der Waals surface area contributed by atoms with E-state index in [1.807, 2.05) is 36.4 Å². The predicted octanol–water partition coefficient (Wildman–Crippen LogP) is 3.27. The lowest BCUT2D eigenvalue weighted by Gasteiger charge is -2.09. The number of hydrogen-bond donors (Lipinski definition) is 2. The van der Waals surface area contributed by atoms with E-state index < -0.39 is 0 Å². The van der Waals surface area contributed by atoms with Gasteiger partial charge in [-0.2, -0.15) is 0 Å². The first-order valence-corrected chi connectivity index (χ1v) is 9.76. The zero-order valence-corrected chi connectivity index (χ0v) is 16.2. The zero-order valence-electron chi connectivity index (χ0n) is 14.6. The van der Waals surface area contributed by atoms with Crippen molar-refractivity contribution in [3.63, 3.8) is 0 Å². The van der Waals surface area contributed by atoms with Gasteiger partial charge in [-0.15, -0.1) is 0 Å². The maximum Gasteiger partial charge on any atom is 0.258 e. The Bertz CT molecular complexity index is 1080. The first-order chi connectivity index (χ1) is 13.1. The van der Waals surface area contributed by atoms with E-state index in [-0.39, 0.29) is 12.4 Å². The second-order valence-electron chi connectivity index (χ2n) is 6.12. The molecule has 1 aromatic heterocycles. The Labute approximate surface area is 165 Å². The standard InChI is InChI=1S/C19H17N3O3S2/c1-11-21-15-4-2-13(6-14(15)18(23)22-11)9-27-19(26)20-8-12-3-5-16-17(7-12)25-10-24-16/h2-7H,8-10H2,1H3,(H,20,26)(H,21,22,23). The molecule has 0 bridgehead atoms. The van der Waals surface area contributed by atoms with Gasteiger partial charge in [0.15, 0.2) is 11.5 Å². The first kappa shape index (κ1) is 17.8. The molecule has 0 aliphatic carbocycles. The molecule has 3 aromatic rings. The molecule has 2 aromatic carbocycles. The minimum absolute atomic E-state index is 0.118. The molecule has 0 saturated heterocycles. The highest BCUT2D eigenvalue weighted by atomic mass is 32.2. The average molecular weight is 399 g/mol. The summed E-state index contributed by atoms with van der Waals surface area (Å²) in [6.07, 6.45) is 0. The highest BCUT2D eigenvalue weighted by Gasteiger charge is 2.13. The van der Waals surface area contributed by atoms with Gasteiger partial charge in [0.1, 0.15) is 10.1 Å². The molecule has 0 fully saturated rings. The van der Waals surface area contributed by atoms with Gasteiger partial charge in [0.25, 0.3) is 5.56 Å². The summed E-state index contributed by atoms with van der Waals surface area (Å²) in [4.78, 5) is 19.1. The van der Waals surface area contributed by atoms with Crippen LogP contribution >= 0.6 is 24.0 Å². The Hall–Kier alpha value is -2.58. The summed E-state index contributed by atoms with van der Waals surface area (Å²) in [5.41, 5.74) is 2.68. The number of aryl methyl sites for hydroxylation is 1. The number of benzene rings is 2. The average Bonchev–Trinajstić information content (AvgIpc) is 3.12. The van der Waals surface area contributed by atoms with Gasteiger partial charge in [-0.3, -0.25) is 4.79 Å². The maximum atomic E-state index is 12.1. The van der Waals surface area contributed by atoms with Gasteiger partial charge < -0.3 is 19.8 Å². The number of aromatic nitrogens is 2. The third-order valence-corrected chi connectivity index (χ3v) is 5.51. The molecule has 27 heavy (non-hydrogen) atoms. The van der Waals surface area contributed by atoms with Crippen LogP contribution < -0.4 is 20.3 Å². The van der Waals surface area contributed by atoms with Crippen LogP contribution in [0.3, 0.4) is 0 Å². The maximum absolute atomic E-state index is 12.1. The van der Waals surface area contributed by atoms with Crippen molar-refractivity contribution in [2.75, 3.05) is 6.79 Å². The lowest BCUT2D eigenvalue weighted by Crippen LogP contribution is -2.17. The number of hydrogen-bond acceptors (Lipinski definition) is 6. The summed E-state index contributed by atoms with van der Waals surface area (Å²) in [6.45, 7) is 2.65. The van der Waals surface area contributed by atoms with E-state index in [1.54, 1.807) is 6.92 Å². The van der Waals surface area contributed by atoms with E-state index in [1.165, 1.54) is 11.8 Å². The topological polar surface area (TPSA) is 76.2 Å². The van der Waals surface area contributed by atoms with E-state index in [9.17, 15) is 4.79 Å². The summed E-state index contributed by atoms with van der Waals surface area (Å²) < 4.78 is 11.4. The Morgan fingerprint density at radius 1 is 1.22 bits per heavy atom. The van der Waals surface area contributed by atoms with Crippen molar-refractivity contribution < 1.29 is 9.47 Å². The SMILES string of the molecule is Cc1nc2ccc(CSC(=S)NCc3ccc4c(c3)OCO4)cc2c(=O)[nH]1. The lowest BCUT2D eigenvalue weighted by molar-refractivity contribution is 0.174. The van der Waals surface area contributed by atoms with E-state index in [4.69, 9.17) is 21.7 Å². The van der Waals surface area contributed by atoms with Crippen molar-refractivity contribution in [2.24, 2.45) is 0 Å². The molecule has 8 heteroatoms. The first-order valence-electron chi connectivity index (χ1n) is 8.37. The number of thioether (sulfide) groups is 1. The highest BCUT2D eigenvalue weighted by molar-refractivity contribution is 8.22. The molecule has 1 aliphatic rings. The largest absolute Gasteiger partial charge is 0.454 e. The minimum Gasteiger partial charge on any atom is -0.454 e. The molecule has 0 unspecified atom stereocenters. The smallest absolute Gasteiger partial charge is 0.258 e. The fourth-order valence-corrected chi connectivity index (χ4v) is 3.72. The van der Waals surface area contributed by atoms with Crippen molar-refractivity contribution in [3.05, 3.63) is 63.7 Å². The molecule has 6 nitrogen and oxygen atoms in total. The molecular weight excluding hydrogens is 382 g/mol. The van der Waals surface area contributed by atoms with Gasteiger partial charge in [-0.1, -0.05) is 36.1 Å². The minimum atomic E-state index is -0.118. The number of ether oxygens (including phenoxy) is 2. The normalized spacial score (nSPS) is 12.3. The van der Waals surface area contributed by atoms with Crippen molar-refractivity contribution in [2.45, 2.75) is 19.2 Å². The van der Waals surface area contributed by atoms with Crippen LogP contribution in [0.5, 0.6) is 11.5 Å². The zero-order chi connectivity index (χ0) is 18.8. The monoisotopic (exact) mass is 399 g/mol. The fourth-order valence-electron chi connectivity index (χ4n) is 2.82. The number of H-pyrrole nitrogens is 1. The summed E-state index contributed by atoms with van der Waals surface area (Å²) in [5, 5.41) is 3.83. The Morgan fingerprint density at radius 2 is 2.04 bits per heavy atom. The third kappa shape index (κ3) is 4.06. The summed E-state index contributed by atoms with van der Waals surface area (Å²) in [5.74, 6) is 2.82. The second kappa shape index (κ2) is 7.58. The van der Waals surface area contributed by atoms with Gasteiger partial charge in [-0.25, -0.2) is 4.98 Å². The van der Waals surface area contributed by atoms with Crippen molar-refractivity contribution in [3.8, 4) is 11.5 Å². The van der Waals surface area contributed by atoms with Crippen LogP contribution in [-0.4, -0.2) is 21.1 Å². The van der Waals surface area contributed by atoms with Crippen LogP contribution in [-0.2, 0) is 12.3 Å². The molecular formula is C19H17N3O3S2. The molecule has 2 heterocycles. The van der Waals surface area contributed by atoms with Crippen LogP contribution in [0, 0.1) is 6.92 Å². The van der Waals surface area contributed by atoms with Crippen LogP contribution in [0.4, 0.5) is 0 Å². The van der Waals surface area contributed by atoms with Gasteiger partial charge in [0, 0.05) is 12.3 Å². The molecule has 0 radical (unpaired) electrons. The van der Waals surface area contributed by atoms with Crippen molar-refractivity contribution in [1.29, 1.82) is 0 Å². The van der Waals surface area contributed by atoms with Crippen LogP contribution in [0.1, 0.15) is 17.0 Å². The fraction of sp³-hybridized carbons (Fsp3) is 0.211. The quantitative estimate of drug-likeness (QED) is 0.652. The van der Waals surface area contributed by atoms with Crippen LogP contribution in [0.15, 0.2) is 41.2 Å². The molecule has 0 spiro atoms. The number of rotatable bonds is 4. The van der Waals surface area contributed by atoms with Gasteiger partial charge in [0.2, 0.25) is 6.79 Å².